The van der Waals surface area contributed by atoms with Crippen LogP contribution in [0, 0.1) is 6.92 Å². The first-order chi connectivity index (χ1) is 8.65. The molecule has 0 aliphatic heterocycles. The summed E-state index contributed by atoms with van der Waals surface area (Å²) in [5, 5.41) is 16.7. The van der Waals surface area contributed by atoms with E-state index in [-0.39, 0.29) is 6.10 Å². The molecule has 1 rings (SSSR count). The lowest BCUT2D eigenvalue weighted by atomic mass is 10.3. The number of aliphatic hydroxyl groups is 1. The van der Waals surface area contributed by atoms with Crippen LogP contribution < -0.4 is 5.32 Å². The molecule has 0 aromatic carbocycles. The first-order valence-corrected chi connectivity index (χ1v) is 6.56. The van der Waals surface area contributed by atoms with Gasteiger partial charge in [0.25, 0.3) is 0 Å². The van der Waals surface area contributed by atoms with Crippen LogP contribution in [-0.2, 0) is 6.42 Å². The lowest BCUT2D eigenvalue weighted by molar-refractivity contribution is 0.117. The van der Waals surface area contributed by atoms with Crippen molar-refractivity contribution >= 4 is 0 Å². The Morgan fingerprint density at radius 3 is 2.67 bits per heavy atom. The van der Waals surface area contributed by atoms with E-state index in [0.717, 1.165) is 19.6 Å². The van der Waals surface area contributed by atoms with Crippen molar-refractivity contribution < 1.29 is 9.63 Å². The van der Waals surface area contributed by atoms with Gasteiger partial charge in [0.05, 0.1) is 6.10 Å². The second-order valence-electron chi connectivity index (χ2n) is 4.33. The van der Waals surface area contributed by atoms with E-state index < -0.39 is 0 Å². The molecule has 1 aromatic rings. The van der Waals surface area contributed by atoms with Crippen LogP contribution in [0.2, 0.25) is 0 Å². The van der Waals surface area contributed by atoms with Crippen LogP contribution >= 0.6 is 0 Å². The van der Waals surface area contributed by atoms with Gasteiger partial charge in [-0.05, 0) is 20.0 Å². The number of hydrogen-bond donors (Lipinski definition) is 2. The fourth-order valence-corrected chi connectivity index (χ4v) is 1.75. The van der Waals surface area contributed by atoms with Crippen LogP contribution in [0.5, 0.6) is 0 Å². The minimum Gasteiger partial charge on any atom is -0.390 e. The van der Waals surface area contributed by atoms with Crippen LogP contribution in [0.15, 0.2) is 4.52 Å². The Hall–Kier alpha value is -0.980. The van der Waals surface area contributed by atoms with E-state index in [0.29, 0.717) is 31.2 Å². The normalized spacial score (nSPS) is 13.2. The molecule has 1 unspecified atom stereocenters. The summed E-state index contributed by atoms with van der Waals surface area (Å²) in [6, 6.07) is 0. The molecule has 0 saturated heterocycles. The van der Waals surface area contributed by atoms with Gasteiger partial charge in [0.2, 0.25) is 5.89 Å². The molecule has 0 spiro atoms. The zero-order valence-electron chi connectivity index (χ0n) is 11.5. The summed E-state index contributed by atoms with van der Waals surface area (Å²) in [6.07, 6.45) is 0.355. The summed E-state index contributed by atoms with van der Waals surface area (Å²) in [5.41, 5.74) is 0. The van der Waals surface area contributed by atoms with E-state index in [2.05, 4.69) is 34.2 Å². The Labute approximate surface area is 108 Å². The topological polar surface area (TPSA) is 74.4 Å². The van der Waals surface area contributed by atoms with Crippen LogP contribution in [-0.4, -0.2) is 59.0 Å². The monoisotopic (exact) mass is 256 g/mol. The Balaban J connectivity index is 2.10. The lowest BCUT2D eigenvalue weighted by Gasteiger charge is -2.21. The quantitative estimate of drug-likeness (QED) is 0.615. The summed E-state index contributed by atoms with van der Waals surface area (Å²) >= 11 is 0. The van der Waals surface area contributed by atoms with Gasteiger partial charge in [-0.25, -0.2) is 0 Å². The highest BCUT2D eigenvalue weighted by Crippen LogP contribution is 1.96. The molecular weight excluding hydrogens is 232 g/mol. The maximum absolute atomic E-state index is 9.83. The van der Waals surface area contributed by atoms with Crippen molar-refractivity contribution in [3.63, 3.8) is 0 Å². The molecule has 6 heteroatoms. The summed E-state index contributed by atoms with van der Waals surface area (Å²) in [6.45, 7) is 9.96. The third-order valence-electron chi connectivity index (χ3n) is 2.83. The van der Waals surface area contributed by atoms with Crippen molar-refractivity contribution in [2.75, 3.05) is 32.7 Å². The Morgan fingerprint density at radius 2 is 2.11 bits per heavy atom. The van der Waals surface area contributed by atoms with Gasteiger partial charge in [0.1, 0.15) is 0 Å². The Bertz CT molecular complexity index is 326. The number of hydrogen-bond acceptors (Lipinski definition) is 6. The molecule has 0 radical (unpaired) electrons. The molecule has 1 heterocycles. The average Bonchev–Trinajstić information content (AvgIpc) is 2.77. The highest BCUT2D eigenvalue weighted by Gasteiger charge is 2.08. The number of aromatic nitrogens is 2. The molecule has 18 heavy (non-hydrogen) atoms. The zero-order chi connectivity index (χ0) is 13.4. The van der Waals surface area contributed by atoms with E-state index >= 15 is 0 Å². The zero-order valence-corrected chi connectivity index (χ0v) is 11.5. The third-order valence-corrected chi connectivity index (χ3v) is 2.83. The minimum absolute atomic E-state index is 0.339. The van der Waals surface area contributed by atoms with E-state index in [1.807, 2.05) is 0 Å². The third kappa shape index (κ3) is 5.57. The van der Waals surface area contributed by atoms with Gasteiger partial charge in [-0.15, -0.1) is 0 Å². The molecule has 1 atom stereocenters. The highest BCUT2D eigenvalue weighted by molar-refractivity contribution is 4.83. The summed E-state index contributed by atoms with van der Waals surface area (Å²) in [5.74, 6) is 1.30. The number of rotatable bonds is 9. The molecule has 2 N–H and O–H groups in total. The number of nitrogens with zero attached hydrogens (tertiary/aromatic N) is 3. The van der Waals surface area contributed by atoms with Gasteiger partial charge in [-0.3, -0.25) is 0 Å². The fourth-order valence-electron chi connectivity index (χ4n) is 1.75. The second-order valence-corrected chi connectivity index (χ2v) is 4.33. The standard InChI is InChI=1S/C12H24N4O2/c1-4-16(5-2)9-11(17)8-13-7-6-12-14-10(3)15-18-12/h11,13,17H,4-9H2,1-3H3. The molecule has 0 saturated carbocycles. The van der Waals surface area contributed by atoms with E-state index in [1.165, 1.54) is 0 Å². The average molecular weight is 256 g/mol. The van der Waals surface area contributed by atoms with Crippen LogP contribution in [0.4, 0.5) is 0 Å². The van der Waals surface area contributed by atoms with Crippen LogP contribution in [0.25, 0.3) is 0 Å². The van der Waals surface area contributed by atoms with Crippen LogP contribution in [0.1, 0.15) is 25.6 Å². The first-order valence-electron chi connectivity index (χ1n) is 6.56. The molecule has 0 aliphatic carbocycles. The van der Waals surface area contributed by atoms with Crippen molar-refractivity contribution in [2.24, 2.45) is 0 Å². The largest absolute Gasteiger partial charge is 0.390 e. The lowest BCUT2D eigenvalue weighted by Crippen LogP contribution is -2.38. The first kappa shape index (κ1) is 15.1. The van der Waals surface area contributed by atoms with Gasteiger partial charge >= 0.3 is 0 Å². The van der Waals surface area contributed by atoms with Gasteiger partial charge < -0.3 is 19.8 Å². The highest BCUT2D eigenvalue weighted by atomic mass is 16.5. The van der Waals surface area contributed by atoms with E-state index in [1.54, 1.807) is 6.92 Å². The van der Waals surface area contributed by atoms with Gasteiger partial charge in [-0.2, -0.15) is 4.98 Å². The minimum atomic E-state index is -0.339. The molecule has 0 amide bonds. The smallest absolute Gasteiger partial charge is 0.227 e. The maximum Gasteiger partial charge on any atom is 0.227 e. The molecule has 0 aliphatic rings. The van der Waals surface area contributed by atoms with Crippen molar-refractivity contribution in [1.82, 2.24) is 20.4 Å². The number of aryl methyl sites for hydroxylation is 1. The Morgan fingerprint density at radius 1 is 1.39 bits per heavy atom. The molecule has 6 nitrogen and oxygen atoms in total. The van der Waals surface area contributed by atoms with Gasteiger partial charge in [-0.1, -0.05) is 19.0 Å². The van der Waals surface area contributed by atoms with Gasteiger partial charge in [0, 0.05) is 26.1 Å². The summed E-state index contributed by atoms with van der Waals surface area (Å²) < 4.78 is 5.00. The number of aliphatic hydroxyl groups excluding tert-OH is 1. The maximum atomic E-state index is 9.83. The molecular formula is C12H24N4O2. The van der Waals surface area contributed by atoms with Gasteiger partial charge in [0.15, 0.2) is 5.82 Å². The predicted octanol–water partition coefficient (Wildman–Crippen LogP) is 0.213. The van der Waals surface area contributed by atoms with E-state index in [4.69, 9.17) is 4.52 Å². The van der Waals surface area contributed by atoms with Crippen molar-refractivity contribution in [2.45, 2.75) is 33.3 Å². The van der Waals surface area contributed by atoms with Crippen LogP contribution in [0.3, 0.4) is 0 Å². The second kappa shape index (κ2) is 8.18. The van der Waals surface area contributed by atoms with Crippen molar-refractivity contribution in [3.8, 4) is 0 Å². The van der Waals surface area contributed by atoms with Crippen molar-refractivity contribution in [1.29, 1.82) is 0 Å². The predicted molar refractivity (Wildman–Crippen MR) is 69.4 cm³/mol. The number of likely N-dealkylation sites (N-methyl/N-ethyl adjacent to an activating group) is 1. The molecule has 0 fully saturated rings. The van der Waals surface area contributed by atoms with E-state index in [9.17, 15) is 5.11 Å². The molecule has 1 aromatic heterocycles. The Kier molecular flexibility index (Phi) is 6.85. The number of nitrogens with one attached hydrogen (secondary N) is 1. The summed E-state index contributed by atoms with van der Waals surface area (Å²) in [4.78, 5) is 6.32. The summed E-state index contributed by atoms with van der Waals surface area (Å²) in [7, 11) is 0. The van der Waals surface area contributed by atoms with Crippen molar-refractivity contribution in [3.05, 3.63) is 11.7 Å². The fraction of sp³-hybridized carbons (Fsp3) is 0.833. The SMILES string of the molecule is CCN(CC)CC(O)CNCCc1nc(C)no1. The molecule has 0 bridgehead atoms. The molecule has 104 valence electrons.